The summed E-state index contributed by atoms with van der Waals surface area (Å²) in [5.41, 5.74) is 1.07. The first-order valence-electron chi connectivity index (χ1n) is 8.44. The van der Waals surface area contributed by atoms with E-state index in [1.54, 1.807) is 38.4 Å². The number of benzene rings is 2. The normalized spacial score (nSPS) is 11.1. The molecule has 0 radical (unpaired) electrons. The third-order valence-electron chi connectivity index (χ3n) is 3.92. The first kappa shape index (κ1) is 23.2. The number of hydrogen-bond acceptors (Lipinski definition) is 6. The third kappa shape index (κ3) is 6.71. The van der Waals surface area contributed by atoms with Crippen LogP contribution >= 0.6 is 12.4 Å². The Hall–Kier alpha value is -2.84. The lowest BCUT2D eigenvalue weighted by Gasteiger charge is -2.18. The van der Waals surface area contributed by atoms with Crippen molar-refractivity contribution in [3.8, 4) is 11.5 Å². The van der Waals surface area contributed by atoms with Crippen LogP contribution < -0.4 is 14.8 Å². The van der Waals surface area contributed by atoms with E-state index in [0.717, 1.165) is 5.56 Å². The monoisotopic (exact) mass is 409 g/mol. The lowest BCUT2D eigenvalue weighted by Crippen LogP contribution is -2.25. The lowest BCUT2D eigenvalue weighted by atomic mass is 10.0. The van der Waals surface area contributed by atoms with E-state index in [9.17, 15) is 14.9 Å². The largest absolute Gasteiger partial charge is 0.494 e. The van der Waals surface area contributed by atoms with E-state index in [1.165, 1.54) is 17.0 Å². The lowest BCUT2D eigenvalue weighted by molar-refractivity contribution is -0.384. The van der Waals surface area contributed by atoms with Crippen LogP contribution in [0.4, 0.5) is 10.5 Å². The molecule has 152 valence electrons. The van der Waals surface area contributed by atoms with Crippen LogP contribution in [0.3, 0.4) is 0 Å². The maximum Gasteiger partial charge on any atom is 0.414 e. The minimum atomic E-state index is -0.444. The summed E-state index contributed by atoms with van der Waals surface area (Å²) in [4.78, 5) is 23.1. The van der Waals surface area contributed by atoms with Crippen LogP contribution in [-0.4, -0.2) is 43.7 Å². The van der Waals surface area contributed by atoms with Gasteiger partial charge in [-0.05, 0) is 36.9 Å². The van der Waals surface area contributed by atoms with Crippen molar-refractivity contribution < 1.29 is 19.2 Å². The molecular weight excluding hydrogens is 386 g/mol. The summed E-state index contributed by atoms with van der Waals surface area (Å²) in [6.07, 6.45) is 0.272. The average molecular weight is 410 g/mol. The first-order valence-corrected chi connectivity index (χ1v) is 8.44. The second-order valence-corrected chi connectivity index (χ2v) is 6.06. The molecule has 2 aromatic rings. The molecule has 0 aliphatic rings. The van der Waals surface area contributed by atoms with Gasteiger partial charge >= 0.3 is 6.09 Å². The van der Waals surface area contributed by atoms with Crippen LogP contribution in [-0.2, 0) is 0 Å². The maximum absolute atomic E-state index is 11.6. The predicted octanol–water partition coefficient (Wildman–Crippen LogP) is 3.81. The Morgan fingerprint density at radius 1 is 1.11 bits per heavy atom. The topological polar surface area (TPSA) is 93.9 Å². The fourth-order valence-corrected chi connectivity index (χ4v) is 2.40. The summed E-state index contributed by atoms with van der Waals surface area (Å²) < 4.78 is 10.9. The number of carbonyl (C=O) groups excluding carboxylic acids is 1. The number of non-ortho nitro benzene ring substituents is 1. The second kappa shape index (κ2) is 11.1. The Bertz CT molecular complexity index is 766. The Morgan fingerprint density at radius 3 is 2.18 bits per heavy atom. The number of nitro benzene ring substituents is 1. The molecule has 0 spiro atoms. The summed E-state index contributed by atoms with van der Waals surface area (Å²) in [6.45, 7) is 0.445. The standard InChI is InChI=1S/C19H23N3O5.ClH/c1-20-18(12-13-26-16-10-6-15(7-11-16)22(24)25)14-4-8-17(9-5-14)27-19(23)21(2)3;/h4-11,18,20H,12-13H2,1-3H3;1H/t18-;/m1./s1. The first-order chi connectivity index (χ1) is 12.9. The number of nitro groups is 1. The highest BCUT2D eigenvalue weighted by molar-refractivity contribution is 5.85. The zero-order valence-corrected chi connectivity index (χ0v) is 16.8. The molecule has 8 nitrogen and oxygen atoms in total. The van der Waals surface area contributed by atoms with Gasteiger partial charge in [0, 0.05) is 38.7 Å². The molecule has 9 heteroatoms. The molecule has 1 N–H and O–H groups in total. The fraction of sp³-hybridized carbons (Fsp3) is 0.316. The zero-order valence-electron chi connectivity index (χ0n) is 16.0. The van der Waals surface area contributed by atoms with E-state index in [2.05, 4.69) is 5.32 Å². The zero-order chi connectivity index (χ0) is 19.8. The average Bonchev–Trinajstić information content (AvgIpc) is 2.66. The van der Waals surface area contributed by atoms with Gasteiger partial charge in [-0.3, -0.25) is 10.1 Å². The van der Waals surface area contributed by atoms with Crippen molar-refractivity contribution in [3.63, 3.8) is 0 Å². The SMILES string of the molecule is CN[C@H](CCOc1ccc([N+](=O)[O-])cc1)c1ccc(OC(=O)N(C)C)cc1.Cl. The fourth-order valence-electron chi connectivity index (χ4n) is 2.40. The van der Waals surface area contributed by atoms with Crippen molar-refractivity contribution in [1.82, 2.24) is 10.2 Å². The maximum atomic E-state index is 11.6. The van der Waals surface area contributed by atoms with E-state index in [0.29, 0.717) is 24.5 Å². The molecule has 0 heterocycles. The molecule has 1 atom stereocenters. The minimum absolute atomic E-state index is 0. The molecule has 0 bridgehead atoms. The molecule has 2 rings (SSSR count). The summed E-state index contributed by atoms with van der Waals surface area (Å²) in [5, 5.41) is 13.9. The van der Waals surface area contributed by atoms with Gasteiger partial charge in [0.1, 0.15) is 11.5 Å². The van der Waals surface area contributed by atoms with Gasteiger partial charge in [0.05, 0.1) is 11.5 Å². The molecule has 0 saturated carbocycles. The Labute approximate surface area is 170 Å². The van der Waals surface area contributed by atoms with E-state index in [4.69, 9.17) is 9.47 Å². The van der Waals surface area contributed by atoms with E-state index in [-0.39, 0.29) is 24.1 Å². The van der Waals surface area contributed by atoms with Crippen molar-refractivity contribution in [1.29, 1.82) is 0 Å². The summed E-state index contributed by atoms with van der Waals surface area (Å²) >= 11 is 0. The van der Waals surface area contributed by atoms with E-state index in [1.807, 2.05) is 19.2 Å². The van der Waals surface area contributed by atoms with Crippen molar-refractivity contribution in [3.05, 3.63) is 64.2 Å². The van der Waals surface area contributed by atoms with Crippen molar-refractivity contribution in [2.24, 2.45) is 0 Å². The number of hydrogen-bond donors (Lipinski definition) is 1. The van der Waals surface area contributed by atoms with Gasteiger partial charge < -0.3 is 19.7 Å². The molecular formula is C19H24ClN3O5. The van der Waals surface area contributed by atoms with Gasteiger partial charge in [0.25, 0.3) is 5.69 Å². The summed E-state index contributed by atoms with van der Waals surface area (Å²) in [7, 11) is 5.11. The van der Waals surface area contributed by atoms with Gasteiger partial charge in [0.2, 0.25) is 0 Å². The highest BCUT2D eigenvalue weighted by Gasteiger charge is 2.12. The predicted molar refractivity (Wildman–Crippen MR) is 108 cm³/mol. The number of halogens is 1. The number of carbonyl (C=O) groups is 1. The van der Waals surface area contributed by atoms with Crippen molar-refractivity contribution in [2.75, 3.05) is 27.7 Å². The minimum Gasteiger partial charge on any atom is -0.494 e. The van der Waals surface area contributed by atoms with Crippen molar-refractivity contribution in [2.45, 2.75) is 12.5 Å². The van der Waals surface area contributed by atoms with Gasteiger partial charge in [-0.2, -0.15) is 0 Å². The van der Waals surface area contributed by atoms with Crippen LogP contribution in [0.1, 0.15) is 18.0 Å². The number of nitrogens with one attached hydrogen (secondary N) is 1. The quantitative estimate of drug-likeness (QED) is 0.526. The second-order valence-electron chi connectivity index (χ2n) is 6.06. The Kier molecular flexibility index (Phi) is 9.20. The highest BCUT2D eigenvalue weighted by atomic mass is 35.5. The summed E-state index contributed by atoms with van der Waals surface area (Å²) in [5.74, 6) is 1.07. The Balaban J connectivity index is 0.00000392. The molecule has 0 aliphatic heterocycles. The smallest absolute Gasteiger partial charge is 0.414 e. The van der Waals surface area contributed by atoms with E-state index >= 15 is 0 Å². The van der Waals surface area contributed by atoms with E-state index < -0.39 is 11.0 Å². The van der Waals surface area contributed by atoms with Gasteiger partial charge in [-0.15, -0.1) is 12.4 Å². The molecule has 1 amide bonds. The molecule has 0 aromatic heterocycles. The number of nitrogens with zero attached hydrogens (tertiary/aromatic N) is 2. The Morgan fingerprint density at radius 2 is 1.68 bits per heavy atom. The molecule has 0 saturated heterocycles. The van der Waals surface area contributed by atoms with Crippen molar-refractivity contribution >= 4 is 24.2 Å². The molecule has 0 aliphatic carbocycles. The van der Waals surface area contributed by atoms with Crippen LogP contribution in [0.5, 0.6) is 11.5 Å². The molecule has 0 unspecified atom stereocenters. The molecule has 2 aromatic carbocycles. The van der Waals surface area contributed by atoms with Gasteiger partial charge in [-0.1, -0.05) is 12.1 Å². The van der Waals surface area contributed by atoms with Gasteiger partial charge in [0.15, 0.2) is 0 Å². The number of ether oxygens (including phenoxy) is 2. The molecule has 28 heavy (non-hydrogen) atoms. The van der Waals surface area contributed by atoms with Crippen LogP contribution in [0.15, 0.2) is 48.5 Å². The molecule has 0 fully saturated rings. The van der Waals surface area contributed by atoms with Gasteiger partial charge in [-0.25, -0.2) is 4.79 Å². The van der Waals surface area contributed by atoms with Crippen LogP contribution in [0, 0.1) is 10.1 Å². The highest BCUT2D eigenvalue weighted by Crippen LogP contribution is 2.22. The number of rotatable bonds is 8. The van der Waals surface area contributed by atoms with Crippen LogP contribution in [0.2, 0.25) is 0 Å². The number of amides is 1. The summed E-state index contributed by atoms with van der Waals surface area (Å²) in [6, 6.07) is 13.3. The van der Waals surface area contributed by atoms with Crippen LogP contribution in [0.25, 0.3) is 0 Å². The third-order valence-corrected chi connectivity index (χ3v) is 3.92.